The maximum Gasteiger partial charge on any atom is 0.183 e. The number of thiazole rings is 1. The molecular formula is C21H25N3O3S2. The van der Waals surface area contributed by atoms with Crippen LogP contribution in [0, 0.1) is 6.92 Å². The molecular weight excluding hydrogens is 406 g/mol. The number of benzene rings is 2. The summed E-state index contributed by atoms with van der Waals surface area (Å²) in [4.78, 5) is 6.18. The molecule has 0 saturated carbocycles. The van der Waals surface area contributed by atoms with Crippen molar-refractivity contribution in [3.05, 3.63) is 48.2 Å². The van der Waals surface area contributed by atoms with Gasteiger partial charge in [-0.2, -0.15) is 0 Å². The minimum absolute atomic E-state index is 0.0812. The highest BCUT2D eigenvalue weighted by molar-refractivity contribution is 7.86. The normalized spacial score (nSPS) is 12.4. The van der Waals surface area contributed by atoms with E-state index in [1.165, 1.54) is 12.1 Å². The van der Waals surface area contributed by atoms with Crippen LogP contribution in [0.1, 0.15) is 26.5 Å². The maximum absolute atomic E-state index is 13.0. The van der Waals surface area contributed by atoms with E-state index in [1.807, 2.05) is 25.1 Å². The first-order valence-corrected chi connectivity index (χ1v) is 11.0. The third-order valence-corrected chi connectivity index (χ3v) is 6.24. The number of ether oxygens (including phenoxy) is 1. The molecule has 0 aliphatic heterocycles. The van der Waals surface area contributed by atoms with Gasteiger partial charge in [0.1, 0.15) is 16.4 Å². The van der Waals surface area contributed by atoms with Crippen LogP contribution >= 0.6 is 11.3 Å². The first-order valence-electron chi connectivity index (χ1n) is 9.08. The Bertz CT molecular complexity index is 1020. The van der Waals surface area contributed by atoms with Crippen LogP contribution in [0.3, 0.4) is 0 Å². The molecule has 3 aromatic rings. The lowest BCUT2D eigenvalue weighted by molar-refractivity contribution is 0.404. The Balaban J connectivity index is 1.93. The van der Waals surface area contributed by atoms with E-state index in [-0.39, 0.29) is 11.3 Å². The van der Waals surface area contributed by atoms with Crippen molar-refractivity contribution in [2.75, 3.05) is 17.1 Å². The molecule has 0 aliphatic carbocycles. The molecule has 1 aromatic heterocycles. The van der Waals surface area contributed by atoms with Gasteiger partial charge in [-0.15, -0.1) is 0 Å². The van der Waals surface area contributed by atoms with Crippen LogP contribution in [0.15, 0.2) is 47.4 Å². The predicted molar refractivity (Wildman–Crippen MR) is 120 cm³/mol. The van der Waals surface area contributed by atoms with Crippen LogP contribution in [-0.4, -0.2) is 26.9 Å². The smallest absolute Gasteiger partial charge is 0.183 e. The fourth-order valence-corrected chi connectivity index (χ4v) is 4.89. The number of aromatic nitrogens is 1. The zero-order valence-corrected chi connectivity index (χ0v) is 18.7. The Morgan fingerprint density at radius 2 is 1.83 bits per heavy atom. The molecule has 0 radical (unpaired) electrons. The molecule has 0 aliphatic rings. The largest absolute Gasteiger partial charge is 0.508 e. The fraction of sp³-hybridized carbons (Fsp3) is 0.286. The molecule has 1 atom stereocenters. The molecule has 29 heavy (non-hydrogen) atoms. The molecule has 1 heterocycles. The average molecular weight is 432 g/mol. The number of nitrogens with one attached hydrogen (secondary N) is 2. The van der Waals surface area contributed by atoms with Gasteiger partial charge in [-0.25, -0.2) is 9.19 Å². The van der Waals surface area contributed by atoms with E-state index in [1.54, 1.807) is 30.6 Å². The van der Waals surface area contributed by atoms with Gasteiger partial charge in [0.15, 0.2) is 16.1 Å². The van der Waals surface area contributed by atoms with E-state index in [4.69, 9.17) is 4.74 Å². The van der Waals surface area contributed by atoms with E-state index in [2.05, 4.69) is 35.8 Å². The second kappa shape index (κ2) is 8.42. The summed E-state index contributed by atoms with van der Waals surface area (Å²) in [7, 11) is 0.0149. The van der Waals surface area contributed by atoms with Crippen LogP contribution in [-0.2, 0) is 11.0 Å². The third-order valence-electron chi connectivity index (χ3n) is 3.98. The molecule has 154 valence electrons. The summed E-state index contributed by atoms with van der Waals surface area (Å²) in [6, 6.07) is 12.0. The quantitative estimate of drug-likeness (QED) is 0.469. The van der Waals surface area contributed by atoms with Crippen molar-refractivity contribution in [1.82, 2.24) is 4.98 Å². The molecule has 1 unspecified atom stereocenters. The molecule has 0 bridgehead atoms. The van der Waals surface area contributed by atoms with Crippen molar-refractivity contribution >= 4 is 33.1 Å². The molecule has 0 amide bonds. The highest BCUT2D eigenvalue weighted by atomic mass is 32.2. The number of rotatable bonds is 6. The number of aromatic hydroxyl groups is 1. The molecule has 0 spiro atoms. The second-order valence-electron chi connectivity index (χ2n) is 7.59. The van der Waals surface area contributed by atoms with Crippen LogP contribution in [0.5, 0.6) is 11.5 Å². The van der Waals surface area contributed by atoms with Crippen molar-refractivity contribution in [3.8, 4) is 21.9 Å². The van der Waals surface area contributed by atoms with Crippen molar-refractivity contribution < 1.29 is 14.1 Å². The van der Waals surface area contributed by atoms with Crippen LogP contribution in [0.2, 0.25) is 0 Å². The van der Waals surface area contributed by atoms with Gasteiger partial charge >= 0.3 is 0 Å². The van der Waals surface area contributed by atoms with Crippen LogP contribution < -0.4 is 14.8 Å². The number of phenols is 1. The van der Waals surface area contributed by atoms with Gasteiger partial charge in [0, 0.05) is 11.2 Å². The lowest BCUT2D eigenvalue weighted by Crippen LogP contribution is -2.25. The van der Waals surface area contributed by atoms with Crippen molar-refractivity contribution in [3.63, 3.8) is 0 Å². The summed E-state index contributed by atoms with van der Waals surface area (Å²) in [5, 5.41) is 13.7. The Kier molecular flexibility index (Phi) is 6.14. The summed E-state index contributed by atoms with van der Waals surface area (Å²) in [6.07, 6.45) is 0. The first kappa shape index (κ1) is 21.1. The van der Waals surface area contributed by atoms with Gasteiger partial charge in [0.25, 0.3) is 0 Å². The Morgan fingerprint density at radius 3 is 2.45 bits per heavy atom. The fourth-order valence-electron chi connectivity index (χ4n) is 2.69. The second-order valence-corrected chi connectivity index (χ2v) is 9.77. The van der Waals surface area contributed by atoms with E-state index >= 15 is 0 Å². The van der Waals surface area contributed by atoms with Crippen LogP contribution in [0.4, 0.5) is 10.8 Å². The summed E-state index contributed by atoms with van der Waals surface area (Å²) >= 11 is 1.57. The summed E-state index contributed by atoms with van der Waals surface area (Å²) in [6.45, 7) is 8.24. The van der Waals surface area contributed by atoms with E-state index in [9.17, 15) is 9.32 Å². The number of nitrogens with zero attached hydrogens (tertiary/aromatic N) is 1. The first-order chi connectivity index (χ1) is 13.7. The highest BCUT2D eigenvalue weighted by Gasteiger charge is 2.18. The van der Waals surface area contributed by atoms with E-state index < -0.39 is 11.0 Å². The number of aryl methyl sites for hydroxylation is 1. The van der Waals surface area contributed by atoms with Crippen molar-refractivity contribution in [2.45, 2.75) is 38.1 Å². The van der Waals surface area contributed by atoms with Gasteiger partial charge in [-0.05, 0) is 75.7 Å². The van der Waals surface area contributed by atoms with Crippen molar-refractivity contribution in [1.29, 1.82) is 0 Å². The van der Waals surface area contributed by atoms with E-state index in [0.29, 0.717) is 16.3 Å². The molecule has 8 heteroatoms. The molecule has 3 rings (SSSR count). The third kappa shape index (κ3) is 5.27. The summed E-state index contributed by atoms with van der Waals surface area (Å²) in [5.74, 6) is 0.690. The Morgan fingerprint density at radius 1 is 1.14 bits per heavy atom. The topological polar surface area (TPSA) is 83.5 Å². The van der Waals surface area contributed by atoms with Gasteiger partial charge in [-0.3, -0.25) is 0 Å². The van der Waals surface area contributed by atoms with Gasteiger partial charge in [0.2, 0.25) is 0 Å². The summed E-state index contributed by atoms with van der Waals surface area (Å²) < 4.78 is 21.3. The standard InChI is InChI=1S/C21H25N3O3S2/c1-13-19(28-20(22-13)23-21(2,3)4)14-6-11-17(27-5)18(12-14)29(26)24-15-7-9-16(25)10-8-15/h6-12,24-25H,1-5H3,(H,22,23). The average Bonchev–Trinajstić information content (AvgIpc) is 3.01. The monoisotopic (exact) mass is 431 g/mol. The van der Waals surface area contributed by atoms with Crippen LogP contribution in [0.25, 0.3) is 10.4 Å². The Hall–Kier alpha value is -2.58. The van der Waals surface area contributed by atoms with E-state index in [0.717, 1.165) is 21.3 Å². The van der Waals surface area contributed by atoms with Gasteiger partial charge in [-0.1, -0.05) is 11.3 Å². The lowest BCUT2D eigenvalue weighted by atomic mass is 10.1. The molecule has 0 fully saturated rings. The molecule has 2 aromatic carbocycles. The molecule has 0 saturated heterocycles. The zero-order chi connectivity index (χ0) is 21.2. The molecule has 6 nitrogen and oxygen atoms in total. The number of hydrogen-bond acceptors (Lipinski definition) is 6. The molecule has 3 N–H and O–H groups in total. The summed E-state index contributed by atoms with van der Waals surface area (Å²) in [5.41, 5.74) is 2.40. The van der Waals surface area contributed by atoms with Gasteiger partial charge < -0.3 is 19.9 Å². The minimum Gasteiger partial charge on any atom is -0.508 e. The van der Waals surface area contributed by atoms with Crippen molar-refractivity contribution in [2.24, 2.45) is 0 Å². The number of anilines is 2. The SMILES string of the molecule is COc1ccc(-c2sc(NC(C)(C)C)nc2C)cc1S(=O)Nc1ccc(O)cc1. The maximum atomic E-state index is 13.0. The zero-order valence-electron chi connectivity index (χ0n) is 17.1. The Labute approximate surface area is 177 Å². The number of hydrogen-bond donors (Lipinski definition) is 3. The minimum atomic E-state index is -1.54. The predicted octanol–water partition coefficient (Wildman–Crippen LogP) is 5.18. The highest BCUT2D eigenvalue weighted by Crippen LogP contribution is 2.37. The van der Waals surface area contributed by atoms with Gasteiger partial charge in [0.05, 0.1) is 17.7 Å². The number of phenolic OH excluding ortho intramolecular Hbond substituents is 1. The number of methoxy groups -OCH3 is 1. The lowest BCUT2D eigenvalue weighted by Gasteiger charge is -2.19.